The van der Waals surface area contributed by atoms with Crippen molar-refractivity contribution in [2.75, 3.05) is 10.2 Å². The Bertz CT molecular complexity index is 1070. The van der Waals surface area contributed by atoms with Crippen LogP contribution in [0.5, 0.6) is 0 Å². The number of piperidine rings is 1. The Morgan fingerprint density at radius 3 is 2.52 bits per heavy atom. The summed E-state index contributed by atoms with van der Waals surface area (Å²) >= 11 is 3.03. The molecule has 7 heteroatoms. The van der Waals surface area contributed by atoms with Gasteiger partial charge in [-0.15, -0.1) is 22.7 Å². The Labute approximate surface area is 191 Å². The van der Waals surface area contributed by atoms with Crippen molar-refractivity contribution in [3.8, 4) is 0 Å². The predicted octanol–water partition coefficient (Wildman–Crippen LogP) is 5.93. The molecule has 3 heterocycles. The first-order valence-corrected chi connectivity index (χ1v) is 12.2. The first-order chi connectivity index (χ1) is 14.7. The Morgan fingerprint density at radius 1 is 1.16 bits per heavy atom. The van der Waals surface area contributed by atoms with Gasteiger partial charge >= 0.3 is 0 Å². The van der Waals surface area contributed by atoms with Gasteiger partial charge in [-0.3, -0.25) is 9.59 Å². The van der Waals surface area contributed by atoms with Gasteiger partial charge in [-0.25, -0.2) is 4.98 Å². The van der Waals surface area contributed by atoms with E-state index in [0.29, 0.717) is 18.0 Å². The highest BCUT2D eigenvalue weighted by atomic mass is 32.1. The topological polar surface area (TPSA) is 62.3 Å². The first kappa shape index (κ1) is 21.7. The lowest BCUT2D eigenvalue weighted by Gasteiger charge is -2.40. The van der Waals surface area contributed by atoms with E-state index < -0.39 is 0 Å². The molecule has 3 aromatic rings. The van der Waals surface area contributed by atoms with Crippen LogP contribution < -0.4 is 10.2 Å². The van der Waals surface area contributed by atoms with Crippen LogP contribution >= 0.6 is 22.7 Å². The Kier molecular flexibility index (Phi) is 5.99. The van der Waals surface area contributed by atoms with Gasteiger partial charge < -0.3 is 10.2 Å². The highest BCUT2D eigenvalue weighted by Crippen LogP contribution is 2.42. The molecule has 31 heavy (non-hydrogen) atoms. The van der Waals surface area contributed by atoms with E-state index in [4.69, 9.17) is 0 Å². The number of thiophene rings is 1. The van der Waals surface area contributed by atoms with E-state index in [1.807, 2.05) is 54.1 Å². The van der Waals surface area contributed by atoms with Crippen LogP contribution in [0.1, 0.15) is 55.8 Å². The number of carbonyl (C=O) groups is 2. The molecule has 1 aromatic carbocycles. The van der Waals surface area contributed by atoms with Crippen molar-refractivity contribution >= 4 is 45.3 Å². The molecule has 2 aromatic heterocycles. The van der Waals surface area contributed by atoms with Gasteiger partial charge in [-0.1, -0.05) is 44.5 Å². The number of rotatable bonds is 4. The van der Waals surface area contributed by atoms with Crippen molar-refractivity contribution < 1.29 is 9.59 Å². The zero-order valence-corrected chi connectivity index (χ0v) is 19.8. The minimum Gasteiger partial charge on any atom is -0.303 e. The summed E-state index contributed by atoms with van der Waals surface area (Å²) in [6.45, 7) is 8.33. The van der Waals surface area contributed by atoms with Crippen LogP contribution in [0, 0.1) is 12.8 Å². The van der Waals surface area contributed by atoms with Gasteiger partial charge in [-0.05, 0) is 36.9 Å². The van der Waals surface area contributed by atoms with Crippen molar-refractivity contribution in [1.29, 1.82) is 0 Å². The number of anilines is 2. The standard InChI is InChI=1S/C24H27N3O2S2/c1-15-7-9-16(10-8-15)27-20(28)12-11-17(21(27)18-6-5-13-30-18)22(29)26-23-25-19(14-31-23)24(2,3)4/h5-10,13-14,17,21H,11-12H2,1-4H3,(H,25,26,29). The third-order valence-electron chi connectivity index (χ3n) is 5.58. The predicted molar refractivity (Wildman–Crippen MR) is 128 cm³/mol. The summed E-state index contributed by atoms with van der Waals surface area (Å²) in [6, 6.07) is 11.6. The van der Waals surface area contributed by atoms with E-state index in [1.165, 1.54) is 11.3 Å². The molecule has 0 radical (unpaired) electrons. The lowest BCUT2D eigenvalue weighted by Crippen LogP contribution is -2.46. The summed E-state index contributed by atoms with van der Waals surface area (Å²) in [4.78, 5) is 33.8. The maximum absolute atomic E-state index is 13.4. The van der Waals surface area contributed by atoms with Gasteiger partial charge in [0.15, 0.2) is 5.13 Å². The summed E-state index contributed by atoms with van der Waals surface area (Å²) in [6.07, 6.45) is 0.867. The van der Waals surface area contributed by atoms with Gasteiger partial charge in [0.25, 0.3) is 0 Å². The second-order valence-electron chi connectivity index (χ2n) is 8.98. The van der Waals surface area contributed by atoms with Crippen LogP contribution in [0.3, 0.4) is 0 Å². The smallest absolute Gasteiger partial charge is 0.231 e. The normalized spacial score (nSPS) is 19.5. The van der Waals surface area contributed by atoms with Crippen molar-refractivity contribution in [2.24, 2.45) is 5.92 Å². The van der Waals surface area contributed by atoms with Gasteiger partial charge in [0.05, 0.1) is 17.7 Å². The highest BCUT2D eigenvalue weighted by Gasteiger charge is 2.42. The van der Waals surface area contributed by atoms with Gasteiger partial charge in [0, 0.05) is 27.8 Å². The lowest BCUT2D eigenvalue weighted by atomic mass is 9.86. The molecule has 162 valence electrons. The van der Waals surface area contributed by atoms with E-state index in [-0.39, 0.29) is 29.2 Å². The van der Waals surface area contributed by atoms with Crippen molar-refractivity contribution in [3.63, 3.8) is 0 Å². The van der Waals surface area contributed by atoms with Gasteiger partial charge in [-0.2, -0.15) is 0 Å². The van der Waals surface area contributed by atoms with Crippen LogP contribution in [0.4, 0.5) is 10.8 Å². The molecule has 0 saturated carbocycles. The number of carbonyl (C=O) groups excluding carboxylic acids is 2. The summed E-state index contributed by atoms with van der Waals surface area (Å²) < 4.78 is 0. The molecule has 1 aliphatic heterocycles. The average Bonchev–Trinajstić information content (AvgIpc) is 3.40. The van der Waals surface area contributed by atoms with Crippen molar-refractivity contribution in [1.82, 2.24) is 4.98 Å². The third-order valence-corrected chi connectivity index (χ3v) is 7.28. The molecule has 5 nitrogen and oxygen atoms in total. The zero-order chi connectivity index (χ0) is 22.2. The monoisotopic (exact) mass is 453 g/mol. The van der Waals surface area contributed by atoms with Crippen LogP contribution in [-0.4, -0.2) is 16.8 Å². The van der Waals surface area contributed by atoms with Gasteiger partial charge in [0.1, 0.15) is 0 Å². The molecule has 1 saturated heterocycles. The molecular formula is C24H27N3O2S2. The SMILES string of the molecule is Cc1ccc(N2C(=O)CCC(C(=O)Nc3nc(C(C)(C)C)cs3)C2c2cccs2)cc1. The number of hydrogen-bond acceptors (Lipinski definition) is 5. The van der Waals surface area contributed by atoms with E-state index in [1.54, 1.807) is 16.2 Å². The van der Waals surface area contributed by atoms with E-state index in [0.717, 1.165) is 21.8 Å². The Hall–Kier alpha value is -2.51. The first-order valence-electron chi connectivity index (χ1n) is 10.4. The van der Waals surface area contributed by atoms with Crippen molar-refractivity contribution in [2.45, 2.75) is 52.0 Å². The number of benzene rings is 1. The number of thiazole rings is 1. The zero-order valence-electron chi connectivity index (χ0n) is 18.2. The largest absolute Gasteiger partial charge is 0.303 e. The van der Waals surface area contributed by atoms with E-state index in [2.05, 4.69) is 31.1 Å². The molecule has 0 spiro atoms. The lowest BCUT2D eigenvalue weighted by molar-refractivity contribution is -0.125. The number of amides is 2. The number of aromatic nitrogens is 1. The minimum atomic E-state index is -0.348. The molecule has 1 aliphatic rings. The third kappa shape index (κ3) is 4.57. The maximum Gasteiger partial charge on any atom is 0.231 e. The molecule has 2 unspecified atom stereocenters. The van der Waals surface area contributed by atoms with Gasteiger partial charge in [0.2, 0.25) is 11.8 Å². The van der Waals surface area contributed by atoms with Crippen LogP contribution in [0.25, 0.3) is 0 Å². The summed E-state index contributed by atoms with van der Waals surface area (Å²) in [5.74, 6) is -0.381. The average molecular weight is 454 g/mol. The highest BCUT2D eigenvalue weighted by molar-refractivity contribution is 7.14. The molecule has 2 atom stereocenters. The maximum atomic E-state index is 13.4. The summed E-state index contributed by atoms with van der Waals surface area (Å²) in [5, 5.41) is 7.63. The van der Waals surface area contributed by atoms with E-state index in [9.17, 15) is 9.59 Å². The number of nitrogens with one attached hydrogen (secondary N) is 1. The molecule has 4 rings (SSSR count). The van der Waals surface area contributed by atoms with E-state index >= 15 is 0 Å². The Balaban J connectivity index is 1.65. The van der Waals surface area contributed by atoms with Crippen LogP contribution in [0.15, 0.2) is 47.2 Å². The number of nitrogens with zero attached hydrogens (tertiary/aromatic N) is 2. The molecule has 0 bridgehead atoms. The molecule has 1 N–H and O–H groups in total. The summed E-state index contributed by atoms with van der Waals surface area (Å²) in [5.41, 5.74) is 2.85. The van der Waals surface area contributed by atoms with Crippen LogP contribution in [0.2, 0.25) is 0 Å². The minimum absolute atomic E-state index is 0.0515. The molecular weight excluding hydrogens is 426 g/mol. The second-order valence-corrected chi connectivity index (χ2v) is 10.8. The fraction of sp³-hybridized carbons (Fsp3) is 0.375. The number of aryl methyl sites for hydroxylation is 1. The second kappa shape index (κ2) is 8.55. The fourth-order valence-electron chi connectivity index (χ4n) is 3.84. The molecule has 1 fully saturated rings. The molecule has 2 amide bonds. The summed E-state index contributed by atoms with van der Waals surface area (Å²) in [7, 11) is 0. The fourth-order valence-corrected chi connectivity index (χ4v) is 5.66. The Morgan fingerprint density at radius 2 is 1.90 bits per heavy atom. The van der Waals surface area contributed by atoms with Crippen molar-refractivity contribution in [3.05, 3.63) is 63.3 Å². The molecule has 0 aliphatic carbocycles. The number of hydrogen-bond donors (Lipinski definition) is 1. The van der Waals surface area contributed by atoms with Crippen LogP contribution in [-0.2, 0) is 15.0 Å². The quantitative estimate of drug-likeness (QED) is 0.532.